The Hall–Kier alpha value is -2.30. The van der Waals surface area contributed by atoms with Gasteiger partial charge in [0.15, 0.2) is 0 Å². The molecule has 2 rings (SSSR count). The maximum atomic E-state index is 12.0. The number of carbonyl (C=O) groups is 2. The predicted octanol–water partition coefficient (Wildman–Crippen LogP) is 2.46. The van der Waals surface area contributed by atoms with Crippen LogP contribution in [0.3, 0.4) is 0 Å². The molecule has 118 valence electrons. The molecule has 1 aromatic rings. The van der Waals surface area contributed by atoms with Gasteiger partial charge in [-0.15, -0.1) is 0 Å². The summed E-state index contributed by atoms with van der Waals surface area (Å²) in [6.07, 6.45) is 2.84. The number of rotatable bonds is 4. The minimum Gasteiger partial charge on any atom is -0.469 e. The molecule has 0 saturated carbocycles. The molecule has 1 aliphatic rings. The summed E-state index contributed by atoms with van der Waals surface area (Å²) in [5.74, 6) is -0.941. The average Bonchev–Trinajstić information content (AvgIpc) is 2.55. The van der Waals surface area contributed by atoms with Gasteiger partial charge >= 0.3 is 11.9 Å². The van der Waals surface area contributed by atoms with E-state index < -0.39 is 0 Å². The molecule has 0 saturated heterocycles. The Morgan fingerprint density at radius 2 is 1.82 bits per heavy atom. The first-order valence-electron chi connectivity index (χ1n) is 7.25. The number of carbonyl (C=O) groups excluding carboxylic acids is 2. The molecular formula is C17H21NO4. The van der Waals surface area contributed by atoms with E-state index in [-0.39, 0.29) is 23.9 Å². The number of nitrogens with one attached hydrogen (secondary N) is 1. The fraction of sp³-hybridized carbons (Fsp3) is 0.412. The van der Waals surface area contributed by atoms with E-state index in [9.17, 15) is 9.59 Å². The molecule has 2 atom stereocenters. The fourth-order valence-corrected chi connectivity index (χ4v) is 2.61. The first-order chi connectivity index (χ1) is 10.5. The Balaban J connectivity index is 2.24. The summed E-state index contributed by atoms with van der Waals surface area (Å²) in [5.41, 5.74) is 2.64. The van der Waals surface area contributed by atoms with Crippen molar-refractivity contribution in [3.05, 3.63) is 41.5 Å². The fourth-order valence-electron chi connectivity index (χ4n) is 2.61. The smallest absolute Gasteiger partial charge is 0.333 e. The molecule has 22 heavy (non-hydrogen) atoms. The molecule has 0 aliphatic heterocycles. The molecule has 1 aliphatic carbocycles. The Labute approximate surface area is 130 Å². The highest BCUT2D eigenvalue weighted by atomic mass is 16.5. The van der Waals surface area contributed by atoms with Crippen LogP contribution in [0.15, 0.2) is 35.9 Å². The zero-order valence-corrected chi connectivity index (χ0v) is 13.1. The van der Waals surface area contributed by atoms with E-state index in [1.165, 1.54) is 14.2 Å². The van der Waals surface area contributed by atoms with Crippen molar-refractivity contribution in [3.63, 3.8) is 0 Å². The number of anilines is 1. The summed E-state index contributed by atoms with van der Waals surface area (Å²) in [4.78, 5) is 23.7. The van der Waals surface area contributed by atoms with Crippen LogP contribution >= 0.6 is 0 Å². The van der Waals surface area contributed by atoms with Gasteiger partial charge in [-0.05, 0) is 31.9 Å². The van der Waals surface area contributed by atoms with Gasteiger partial charge < -0.3 is 14.8 Å². The largest absolute Gasteiger partial charge is 0.469 e. The molecule has 1 N–H and O–H groups in total. The molecule has 0 radical (unpaired) electrons. The van der Waals surface area contributed by atoms with Gasteiger partial charge in [0.1, 0.15) is 0 Å². The zero-order valence-electron chi connectivity index (χ0n) is 13.1. The Bertz CT molecular complexity index is 577. The quantitative estimate of drug-likeness (QED) is 0.866. The van der Waals surface area contributed by atoms with Gasteiger partial charge in [-0.25, -0.2) is 4.79 Å². The van der Waals surface area contributed by atoms with Crippen LogP contribution < -0.4 is 5.32 Å². The van der Waals surface area contributed by atoms with Crippen LogP contribution in [0.5, 0.6) is 0 Å². The zero-order chi connectivity index (χ0) is 16.1. The van der Waals surface area contributed by atoms with Crippen molar-refractivity contribution >= 4 is 17.6 Å². The van der Waals surface area contributed by atoms with Gasteiger partial charge in [0, 0.05) is 11.3 Å². The molecule has 0 bridgehead atoms. The molecule has 2 unspecified atom stereocenters. The Kier molecular flexibility index (Phi) is 5.20. The van der Waals surface area contributed by atoms with Crippen molar-refractivity contribution in [3.8, 4) is 0 Å². The van der Waals surface area contributed by atoms with E-state index in [1.54, 1.807) is 6.08 Å². The lowest BCUT2D eigenvalue weighted by Gasteiger charge is -2.29. The second kappa shape index (κ2) is 7.11. The predicted molar refractivity (Wildman–Crippen MR) is 83.4 cm³/mol. The lowest BCUT2D eigenvalue weighted by atomic mass is 9.85. The monoisotopic (exact) mass is 303 g/mol. The first kappa shape index (κ1) is 16.1. The second-order valence-electron chi connectivity index (χ2n) is 5.39. The van der Waals surface area contributed by atoms with Crippen molar-refractivity contribution in [1.82, 2.24) is 0 Å². The molecule has 5 heteroatoms. The highest BCUT2D eigenvalue weighted by Crippen LogP contribution is 2.28. The Morgan fingerprint density at radius 1 is 1.14 bits per heavy atom. The molecule has 0 fully saturated rings. The molecule has 0 heterocycles. The van der Waals surface area contributed by atoms with Crippen LogP contribution in [0.1, 0.15) is 18.4 Å². The topological polar surface area (TPSA) is 64.6 Å². The van der Waals surface area contributed by atoms with Crippen molar-refractivity contribution in [1.29, 1.82) is 0 Å². The minimum atomic E-state index is -0.348. The average molecular weight is 303 g/mol. The highest BCUT2D eigenvalue weighted by Gasteiger charge is 2.33. The van der Waals surface area contributed by atoms with Crippen molar-refractivity contribution < 1.29 is 19.1 Å². The maximum Gasteiger partial charge on any atom is 0.333 e. The van der Waals surface area contributed by atoms with Crippen LogP contribution in [0.25, 0.3) is 0 Å². The minimum absolute atomic E-state index is 0.273. The molecule has 0 spiro atoms. The number of benzene rings is 1. The van der Waals surface area contributed by atoms with Crippen molar-refractivity contribution in [2.75, 3.05) is 19.5 Å². The lowest BCUT2D eigenvalue weighted by molar-refractivity contribution is -0.146. The number of hydrogen-bond donors (Lipinski definition) is 1. The van der Waals surface area contributed by atoms with Crippen molar-refractivity contribution in [2.24, 2.45) is 5.92 Å². The molecular weight excluding hydrogens is 282 g/mol. The van der Waals surface area contributed by atoms with Gasteiger partial charge in [0.05, 0.1) is 26.2 Å². The van der Waals surface area contributed by atoms with Gasteiger partial charge in [0.2, 0.25) is 0 Å². The van der Waals surface area contributed by atoms with Crippen LogP contribution in [0.2, 0.25) is 0 Å². The summed E-state index contributed by atoms with van der Waals surface area (Å²) in [7, 11) is 2.74. The third-order valence-corrected chi connectivity index (χ3v) is 3.88. The van der Waals surface area contributed by atoms with Gasteiger partial charge in [-0.3, -0.25) is 4.79 Å². The van der Waals surface area contributed by atoms with Gasteiger partial charge in [-0.1, -0.05) is 23.8 Å². The third kappa shape index (κ3) is 3.67. The maximum absolute atomic E-state index is 12.0. The normalized spacial score (nSPS) is 20.8. The van der Waals surface area contributed by atoms with Gasteiger partial charge in [-0.2, -0.15) is 0 Å². The number of esters is 2. The van der Waals surface area contributed by atoms with Gasteiger partial charge in [0.25, 0.3) is 0 Å². The first-order valence-corrected chi connectivity index (χ1v) is 7.25. The Morgan fingerprint density at radius 3 is 2.41 bits per heavy atom. The third-order valence-electron chi connectivity index (χ3n) is 3.88. The number of aryl methyl sites for hydroxylation is 1. The summed E-state index contributed by atoms with van der Waals surface area (Å²) in [6.45, 7) is 2.01. The van der Waals surface area contributed by atoms with E-state index in [0.29, 0.717) is 18.4 Å². The number of methoxy groups -OCH3 is 2. The van der Waals surface area contributed by atoms with Crippen LogP contribution in [-0.4, -0.2) is 32.2 Å². The molecule has 0 amide bonds. The summed E-state index contributed by atoms with van der Waals surface area (Å²) < 4.78 is 9.65. The van der Waals surface area contributed by atoms with Crippen molar-refractivity contribution in [2.45, 2.75) is 25.8 Å². The second-order valence-corrected chi connectivity index (χ2v) is 5.39. The summed E-state index contributed by atoms with van der Waals surface area (Å²) in [5, 5.41) is 3.30. The molecule has 1 aromatic carbocycles. The standard InChI is InChI=1S/C17H21NO4/c1-11-4-7-13(8-5-11)18-15-10-12(16(19)21-2)6-9-14(15)17(20)22-3/h4-5,7-8,10,14-15,18H,6,9H2,1-3H3. The van der Waals surface area contributed by atoms with E-state index in [2.05, 4.69) is 5.32 Å². The highest BCUT2D eigenvalue weighted by molar-refractivity contribution is 5.89. The SMILES string of the molecule is COC(=O)C1=CC(Nc2ccc(C)cc2)C(C(=O)OC)CC1. The lowest BCUT2D eigenvalue weighted by Crippen LogP contribution is -2.37. The van der Waals surface area contributed by atoms with Crippen LogP contribution in [0, 0.1) is 12.8 Å². The van der Waals surface area contributed by atoms with Crippen LogP contribution in [-0.2, 0) is 19.1 Å². The summed E-state index contributed by atoms with van der Waals surface area (Å²) >= 11 is 0. The molecule has 5 nitrogen and oxygen atoms in total. The summed E-state index contributed by atoms with van der Waals surface area (Å²) in [6, 6.07) is 7.58. The van der Waals surface area contributed by atoms with E-state index >= 15 is 0 Å². The number of ether oxygens (including phenoxy) is 2. The van der Waals surface area contributed by atoms with Crippen LogP contribution in [0.4, 0.5) is 5.69 Å². The van der Waals surface area contributed by atoms with E-state index in [4.69, 9.17) is 9.47 Å². The van der Waals surface area contributed by atoms with E-state index in [0.717, 1.165) is 11.3 Å². The van der Waals surface area contributed by atoms with E-state index in [1.807, 2.05) is 31.2 Å². The molecule has 0 aromatic heterocycles. The number of hydrogen-bond acceptors (Lipinski definition) is 5.